The van der Waals surface area contributed by atoms with Crippen molar-refractivity contribution in [3.05, 3.63) is 12.4 Å². The molecule has 0 spiro atoms. The molecule has 0 saturated carbocycles. The molecule has 0 aliphatic carbocycles. The predicted molar refractivity (Wildman–Crippen MR) is 62.1 cm³/mol. The van der Waals surface area contributed by atoms with Crippen LogP contribution in [0.25, 0.3) is 0 Å². The first kappa shape index (κ1) is 14.4. The molecule has 1 aromatic rings. The maximum atomic E-state index is 11.4. The van der Waals surface area contributed by atoms with E-state index >= 15 is 0 Å². The van der Waals surface area contributed by atoms with Crippen LogP contribution in [-0.4, -0.2) is 49.0 Å². The lowest BCUT2D eigenvalue weighted by molar-refractivity contribution is -0.137. The van der Waals surface area contributed by atoms with E-state index in [9.17, 15) is 21.6 Å². The third-order valence-corrected chi connectivity index (χ3v) is 5.07. The Labute approximate surface area is 103 Å². The molecule has 0 saturated heterocycles. The molecular formula is C7H11N3O6S2. The Balaban J connectivity index is 2.79. The molecule has 1 heterocycles. The highest BCUT2D eigenvalue weighted by atomic mass is 32.3. The van der Waals surface area contributed by atoms with E-state index in [1.165, 1.54) is 0 Å². The van der Waals surface area contributed by atoms with Gasteiger partial charge >= 0.3 is 5.97 Å². The van der Waals surface area contributed by atoms with Crippen LogP contribution in [0.2, 0.25) is 0 Å². The number of nitrogens with zero attached hydrogens (tertiary/aromatic N) is 2. The third kappa shape index (κ3) is 5.14. The highest BCUT2D eigenvalue weighted by Crippen LogP contribution is 2.08. The minimum Gasteiger partial charge on any atom is -0.480 e. The van der Waals surface area contributed by atoms with Crippen molar-refractivity contribution in [2.24, 2.45) is 0 Å². The summed E-state index contributed by atoms with van der Waals surface area (Å²) in [7, 11) is -7.73. The molecule has 2 N–H and O–H groups in total. The molecule has 0 radical (unpaired) electrons. The predicted octanol–water partition coefficient (Wildman–Crippen LogP) is -1.29. The molecule has 0 aliphatic rings. The van der Waals surface area contributed by atoms with Gasteiger partial charge in [-0.15, -0.1) is 0 Å². The normalized spacial score (nSPS) is 12.3. The molecule has 11 heteroatoms. The van der Waals surface area contributed by atoms with Crippen LogP contribution >= 0.6 is 0 Å². The number of aromatic nitrogens is 2. The summed E-state index contributed by atoms with van der Waals surface area (Å²) in [5.74, 6) is -1.14. The van der Waals surface area contributed by atoms with Crippen molar-refractivity contribution in [2.45, 2.75) is 6.54 Å². The maximum absolute atomic E-state index is 11.4. The summed E-state index contributed by atoms with van der Waals surface area (Å²) in [5, 5.41) is 11.0. The molecule has 0 fully saturated rings. The monoisotopic (exact) mass is 297 g/mol. The molecule has 9 nitrogen and oxygen atoms in total. The Morgan fingerprint density at radius 1 is 1.44 bits per heavy atom. The van der Waals surface area contributed by atoms with Gasteiger partial charge in [0.05, 0.1) is 11.9 Å². The summed E-state index contributed by atoms with van der Waals surface area (Å²) in [6, 6.07) is 0. The fourth-order valence-electron chi connectivity index (χ4n) is 1.13. The quantitative estimate of drug-likeness (QED) is 0.666. The standard InChI is InChI=1S/C7H11N3O6S2/c1-17(13,14)5-18(15,16)9-6-2-8-10(3-6)4-7(11)12/h2-3,9H,4-5H2,1H3,(H,11,12). The van der Waals surface area contributed by atoms with Crippen molar-refractivity contribution in [1.29, 1.82) is 0 Å². The van der Waals surface area contributed by atoms with Crippen molar-refractivity contribution in [3.8, 4) is 0 Å². The van der Waals surface area contributed by atoms with Gasteiger partial charge in [0.15, 0.2) is 14.9 Å². The average molecular weight is 297 g/mol. The van der Waals surface area contributed by atoms with E-state index in [1.807, 2.05) is 4.72 Å². The van der Waals surface area contributed by atoms with E-state index in [0.29, 0.717) is 0 Å². The zero-order valence-corrected chi connectivity index (χ0v) is 10.9. The second-order valence-corrected chi connectivity index (χ2v) is 7.81. The zero-order valence-electron chi connectivity index (χ0n) is 9.27. The smallest absolute Gasteiger partial charge is 0.325 e. The summed E-state index contributed by atoms with van der Waals surface area (Å²) in [4.78, 5) is 10.4. The van der Waals surface area contributed by atoms with Crippen molar-refractivity contribution >= 4 is 31.5 Å². The Morgan fingerprint density at radius 3 is 2.56 bits per heavy atom. The fourth-order valence-corrected chi connectivity index (χ4v) is 4.09. The number of sulfone groups is 1. The number of sulfonamides is 1. The molecule has 1 rings (SSSR count). The van der Waals surface area contributed by atoms with Gasteiger partial charge in [-0.25, -0.2) is 16.8 Å². The number of hydrogen-bond acceptors (Lipinski definition) is 6. The Morgan fingerprint density at radius 2 is 2.06 bits per heavy atom. The van der Waals surface area contributed by atoms with E-state index in [4.69, 9.17) is 5.11 Å². The zero-order chi connectivity index (χ0) is 14.0. The fraction of sp³-hybridized carbons (Fsp3) is 0.429. The van der Waals surface area contributed by atoms with E-state index < -0.39 is 37.5 Å². The molecule has 0 aromatic carbocycles. The molecule has 0 atom stereocenters. The van der Waals surface area contributed by atoms with Crippen LogP contribution in [-0.2, 0) is 31.2 Å². The molecule has 0 aliphatic heterocycles. The van der Waals surface area contributed by atoms with Crippen LogP contribution in [0.1, 0.15) is 0 Å². The van der Waals surface area contributed by atoms with Gasteiger partial charge in [-0.1, -0.05) is 0 Å². The van der Waals surface area contributed by atoms with Crippen molar-refractivity contribution in [3.63, 3.8) is 0 Å². The van der Waals surface area contributed by atoms with Crippen LogP contribution in [0, 0.1) is 0 Å². The first-order valence-electron chi connectivity index (χ1n) is 4.50. The van der Waals surface area contributed by atoms with E-state index in [0.717, 1.165) is 23.3 Å². The molecule has 18 heavy (non-hydrogen) atoms. The molecular weight excluding hydrogens is 286 g/mol. The lowest BCUT2D eigenvalue weighted by Crippen LogP contribution is -2.22. The van der Waals surface area contributed by atoms with E-state index in [1.54, 1.807) is 0 Å². The molecule has 102 valence electrons. The topological polar surface area (TPSA) is 135 Å². The van der Waals surface area contributed by atoms with Crippen LogP contribution in [0.15, 0.2) is 12.4 Å². The van der Waals surface area contributed by atoms with Crippen LogP contribution < -0.4 is 4.72 Å². The van der Waals surface area contributed by atoms with Crippen LogP contribution in [0.3, 0.4) is 0 Å². The number of aliphatic carboxylic acids is 1. The Bertz CT molecular complexity index is 644. The number of carboxylic acid groups (broad SMARTS) is 1. The molecule has 0 amide bonds. The van der Waals surface area contributed by atoms with Crippen molar-refractivity contribution in [1.82, 2.24) is 9.78 Å². The lowest BCUT2D eigenvalue weighted by atomic mass is 10.6. The van der Waals surface area contributed by atoms with Crippen LogP contribution in [0.4, 0.5) is 5.69 Å². The number of carbonyl (C=O) groups is 1. The first-order valence-corrected chi connectivity index (χ1v) is 8.21. The minimum absolute atomic E-state index is 0.0000926. The lowest BCUT2D eigenvalue weighted by Gasteiger charge is -2.03. The van der Waals surface area contributed by atoms with Gasteiger partial charge in [-0.2, -0.15) is 5.10 Å². The SMILES string of the molecule is CS(=O)(=O)CS(=O)(=O)Nc1cnn(CC(=O)O)c1. The maximum Gasteiger partial charge on any atom is 0.325 e. The average Bonchev–Trinajstić information content (AvgIpc) is 2.44. The highest BCUT2D eigenvalue weighted by Gasteiger charge is 2.18. The number of rotatable bonds is 6. The first-order chi connectivity index (χ1) is 8.07. The highest BCUT2D eigenvalue weighted by molar-refractivity contribution is 8.08. The minimum atomic E-state index is -4.05. The molecule has 0 unspecified atom stereocenters. The summed E-state index contributed by atoms with van der Waals surface area (Å²) < 4.78 is 47.5. The number of carboxylic acids is 1. The summed E-state index contributed by atoms with van der Waals surface area (Å²) in [6.07, 6.45) is 3.02. The summed E-state index contributed by atoms with van der Waals surface area (Å²) in [5.41, 5.74) is -0.0000926. The second kappa shape index (κ2) is 4.94. The van der Waals surface area contributed by atoms with Gasteiger partial charge in [0.1, 0.15) is 6.54 Å². The van der Waals surface area contributed by atoms with Gasteiger partial charge in [0.25, 0.3) is 0 Å². The Kier molecular flexibility index (Phi) is 3.96. The van der Waals surface area contributed by atoms with Gasteiger partial charge < -0.3 is 5.11 Å². The van der Waals surface area contributed by atoms with Gasteiger partial charge in [-0.05, 0) is 0 Å². The van der Waals surface area contributed by atoms with Gasteiger partial charge in [-0.3, -0.25) is 14.2 Å². The number of anilines is 1. The number of hydrogen-bond donors (Lipinski definition) is 2. The van der Waals surface area contributed by atoms with Crippen molar-refractivity contribution in [2.75, 3.05) is 16.1 Å². The third-order valence-electron chi connectivity index (χ3n) is 1.57. The second-order valence-electron chi connectivity index (χ2n) is 3.58. The Hall–Kier alpha value is -1.62. The van der Waals surface area contributed by atoms with Crippen molar-refractivity contribution < 1.29 is 26.7 Å². The number of nitrogens with one attached hydrogen (secondary N) is 1. The molecule has 0 bridgehead atoms. The molecule has 1 aromatic heterocycles. The van der Waals surface area contributed by atoms with Crippen LogP contribution in [0.5, 0.6) is 0 Å². The summed E-state index contributed by atoms with van der Waals surface area (Å²) in [6.45, 7) is -0.423. The summed E-state index contributed by atoms with van der Waals surface area (Å²) >= 11 is 0. The largest absolute Gasteiger partial charge is 0.480 e. The van der Waals surface area contributed by atoms with Gasteiger partial charge in [0.2, 0.25) is 10.0 Å². The van der Waals surface area contributed by atoms with E-state index in [2.05, 4.69) is 5.10 Å². The van der Waals surface area contributed by atoms with Gasteiger partial charge in [0, 0.05) is 12.5 Å². The van der Waals surface area contributed by atoms with E-state index in [-0.39, 0.29) is 5.69 Å².